The number of ether oxygens (including phenoxy) is 1. The zero-order chi connectivity index (χ0) is 18.5. The number of rotatable bonds is 6. The van der Waals surface area contributed by atoms with Gasteiger partial charge in [0.1, 0.15) is 17.4 Å². The number of hydrogen-bond acceptors (Lipinski definition) is 3. The number of pyridine rings is 2. The highest BCUT2D eigenvalue weighted by Gasteiger charge is 2.14. The lowest BCUT2D eigenvalue weighted by atomic mass is 10.1. The van der Waals surface area contributed by atoms with Gasteiger partial charge in [-0.2, -0.15) is 0 Å². The van der Waals surface area contributed by atoms with Crippen LogP contribution in [0.4, 0.5) is 0 Å². The highest BCUT2D eigenvalue weighted by molar-refractivity contribution is 6.34. The van der Waals surface area contributed by atoms with Gasteiger partial charge in [-0.25, -0.2) is 0 Å². The van der Waals surface area contributed by atoms with Gasteiger partial charge in [0.2, 0.25) is 0 Å². The fourth-order valence-corrected chi connectivity index (χ4v) is 3.13. The number of hydrogen-bond donors (Lipinski definition) is 0. The molecule has 2 aromatic heterocycles. The molecule has 1 aromatic carbocycles. The Bertz CT molecular complexity index is 939. The zero-order valence-corrected chi connectivity index (χ0v) is 15.8. The Labute approximate surface area is 162 Å². The van der Waals surface area contributed by atoms with Crippen molar-refractivity contribution in [3.05, 3.63) is 92.1 Å². The quantitative estimate of drug-likeness (QED) is 0.615. The van der Waals surface area contributed by atoms with E-state index in [0.717, 1.165) is 5.56 Å². The van der Waals surface area contributed by atoms with Crippen LogP contribution >= 0.6 is 23.2 Å². The zero-order valence-electron chi connectivity index (χ0n) is 14.3. The van der Waals surface area contributed by atoms with Gasteiger partial charge in [-0.1, -0.05) is 53.0 Å². The molecule has 0 radical (unpaired) electrons. The number of nitrogens with zero attached hydrogens (tertiary/aromatic N) is 2. The molecule has 2 heterocycles. The Hall–Kier alpha value is -2.30. The van der Waals surface area contributed by atoms with Crippen LogP contribution in [0.1, 0.15) is 16.8 Å². The van der Waals surface area contributed by atoms with Crippen molar-refractivity contribution < 1.29 is 4.74 Å². The molecule has 134 valence electrons. The normalized spacial score (nSPS) is 10.7. The molecular weight excluding hydrogens is 371 g/mol. The minimum absolute atomic E-state index is 0.101. The van der Waals surface area contributed by atoms with Crippen LogP contribution < -0.4 is 10.3 Å². The third-order valence-electron chi connectivity index (χ3n) is 4.06. The summed E-state index contributed by atoms with van der Waals surface area (Å²) in [6, 6.07) is 13.3. The van der Waals surface area contributed by atoms with E-state index < -0.39 is 0 Å². The molecule has 4 nitrogen and oxygen atoms in total. The molecule has 0 amide bonds. The van der Waals surface area contributed by atoms with Crippen LogP contribution in [-0.4, -0.2) is 9.55 Å². The Morgan fingerprint density at radius 3 is 2.58 bits per heavy atom. The first-order chi connectivity index (χ1) is 12.5. The van der Waals surface area contributed by atoms with Crippen molar-refractivity contribution in [3.63, 3.8) is 0 Å². The molecule has 6 heteroatoms. The van der Waals surface area contributed by atoms with Crippen molar-refractivity contribution in [2.75, 3.05) is 0 Å². The van der Waals surface area contributed by atoms with E-state index in [2.05, 4.69) is 29.2 Å². The number of aromatic nitrogens is 2. The summed E-state index contributed by atoms with van der Waals surface area (Å²) in [5.41, 5.74) is 2.66. The SMILES string of the molecule is Cc1ccc(CCn2c(COc3cccnc3)c(Cl)cc(Cl)c2=O)cc1. The maximum Gasteiger partial charge on any atom is 0.269 e. The van der Waals surface area contributed by atoms with Gasteiger partial charge < -0.3 is 9.30 Å². The third kappa shape index (κ3) is 4.45. The summed E-state index contributed by atoms with van der Waals surface area (Å²) in [6.07, 6.45) is 3.97. The van der Waals surface area contributed by atoms with Crippen LogP contribution in [0.2, 0.25) is 10.0 Å². The monoisotopic (exact) mass is 388 g/mol. The molecule has 3 aromatic rings. The standard InChI is InChI=1S/C20H18Cl2N2O2/c1-14-4-6-15(7-5-14)8-10-24-19(17(21)11-18(22)20(24)25)13-26-16-3-2-9-23-12-16/h2-7,9,11-12H,8,10,13H2,1H3. The van der Waals surface area contributed by atoms with Gasteiger partial charge >= 0.3 is 0 Å². The van der Waals surface area contributed by atoms with Crippen molar-refractivity contribution in [1.82, 2.24) is 9.55 Å². The van der Waals surface area contributed by atoms with Crippen molar-refractivity contribution in [1.29, 1.82) is 0 Å². The second-order valence-electron chi connectivity index (χ2n) is 5.96. The first-order valence-electron chi connectivity index (χ1n) is 8.20. The summed E-state index contributed by atoms with van der Waals surface area (Å²) in [5.74, 6) is 0.607. The summed E-state index contributed by atoms with van der Waals surface area (Å²) < 4.78 is 7.31. The molecular formula is C20H18Cl2N2O2. The number of halogens is 2. The van der Waals surface area contributed by atoms with E-state index in [1.54, 1.807) is 29.1 Å². The lowest BCUT2D eigenvalue weighted by Gasteiger charge is -2.16. The molecule has 0 atom stereocenters. The van der Waals surface area contributed by atoms with Crippen LogP contribution in [0.3, 0.4) is 0 Å². The topological polar surface area (TPSA) is 44.1 Å². The molecule has 0 aliphatic rings. The molecule has 0 saturated heterocycles. The summed E-state index contributed by atoms with van der Waals surface area (Å²) >= 11 is 12.4. The Morgan fingerprint density at radius 1 is 1.12 bits per heavy atom. The maximum atomic E-state index is 12.5. The molecule has 0 spiro atoms. The smallest absolute Gasteiger partial charge is 0.269 e. The van der Waals surface area contributed by atoms with Crippen LogP contribution in [0.25, 0.3) is 0 Å². The largest absolute Gasteiger partial charge is 0.486 e. The van der Waals surface area contributed by atoms with Gasteiger partial charge in [-0.15, -0.1) is 0 Å². The van der Waals surface area contributed by atoms with E-state index in [9.17, 15) is 4.79 Å². The molecule has 0 bridgehead atoms. The molecule has 0 aliphatic heterocycles. The average Bonchev–Trinajstić information content (AvgIpc) is 2.65. The van der Waals surface area contributed by atoms with Gasteiger partial charge in [0.05, 0.1) is 16.9 Å². The van der Waals surface area contributed by atoms with Gasteiger partial charge in [0.15, 0.2) is 0 Å². The third-order valence-corrected chi connectivity index (χ3v) is 4.66. The number of benzene rings is 1. The van der Waals surface area contributed by atoms with Crippen molar-refractivity contribution in [2.24, 2.45) is 0 Å². The maximum absolute atomic E-state index is 12.5. The second-order valence-corrected chi connectivity index (χ2v) is 6.77. The minimum Gasteiger partial charge on any atom is -0.486 e. The van der Waals surface area contributed by atoms with Crippen LogP contribution in [0, 0.1) is 6.92 Å². The van der Waals surface area contributed by atoms with Gasteiger partial charge in [-0.3, -0.25) is 9.78 Å². The van der Waals surface area contributed by atoms with E-state index >= 15 is 0 Å². The molecule has 0 fully saturated rings. The minimum atomic E-state index is -0.270. The highest BCUT2D eigenvalue weighted by atomic mass is 35.5. The fourth-order valence-electron chi connectivity index (χ4n) is 2.60. The predicted molar refractivity (Wildman–Crippen MR) is 104 cm³/mol. The van der Waals surface area contributed by atoms with Crippen LogP contribution in [-0.2, 0) is 19.6 Å². The van der Waals surface area contributed by atoms with Crippen molar-refractivity contribution in [2.45, 2.75) is 26.5 Å². The fraction of sp³-hybridized carbons (Fsp3) is 0.200. The van der Waals surface area contributed by atoms with Crippen molar-refractivity contribution in [3.8, 4) is 5.75 Å². The van der Waals surface area contributed by atoms with E-state index in [0.29, 0.717) is 29.4 Å². The van der Waals surface area contributed by atoms with E-state index in [1.165, 1.54) is 11.6 Å². The Morgan fingerprint density at radius 2 is 1.88 bits per heavy atom. The Balaban J connectivity index is 1.84. The first kappa shape index (κ1) is 18.5. The van der Waals surface area contributed by atoms with Crippen LogP contribution in [0.15, 0.2) is 59.7 Å². The molecule has 0 aliphatic carbocycles. The summed E-state index contributed by atoms with van der Waals surface area (Å²) in [4.78, 5) is 16.5. The molecule has 26 heavy (non-hydrogen) atoms. The highest BCUT2D eigenvalue weighted by Crippen LogP contribution is 2.21. The summed E-state index contributed by atoms with van der Waals surface area (Å²) in [5, 5.41) is 0.506. The second kappa shape index (κ2) is 8.39. The van der Waals surface area contributed by atoms with Gasteiger partial charge in [-0.05, 0) is 37.1 Å². The molecule has 0 unspecified atom stereocenters. The lowest BCUT2D eigenvalue weighted by Crippen LogP contribution is -2.26. The molecule has 0 N–H and O–H groups in total. The van der Waals surface area contributed by atoms with E-state index in [4.69, 9.17) is 27.9 Å². The van der Waals surface area contributed by atoms with E-state index in [-0.39, 0.29) is 17.2 Å². The van der Waals surface area contributed by atoms with Crippen molar-refractivity contribution >= 4 is 23.2 Å². The molecule has 0 saturated carbocycles. The first-order valence-corrected chi connectivity index (χ1v) is 8.96. The van der Waals surface area contributed by atoms with Gasteiger partial charge in [0, 0.05) is 12.7 Å². The lowest BCUT2D eigenvalue weighted by molar-refractivity contribution is 0.291. The van der Waals surface area contributed by atoms with E-state index in [1.807, 2.05) is 6.92 Å². The predicted octanol–water partition coefficient (Wildman–Crippen LogP) is 4.68. The summed E-state index contributed by atoms with van der Waals surface area (Å²) in [7, 11) is 0. The number of aryl methyl sites for hydroxylation is 2. The van der Waals surface area contributed by atoms with Crippen LogP contribution in [0.5, 0.6) is 5.75 Å². The molecule has 3 rings (SSSR count). The Kier molecular flexibility index (Phi) is 5.96. The summed E-state index contributed by atoms with van der Waals surface area (Å²) in [6.45, 7) is 2.66. The average molecular weight is 389 g/mol. The van der Waals surface area contributed by atoms with Gasteiger partial charge in [0.25, 0.3) is 5.56 Å².